The van der Waals surface area contributed by atoms with Crippen molar-refractivity contribution in [3.05, 3.63) is 94.3 Å². The number of rotatable bonds is 5. The summed E-state index contributed by atoms with van der Waals surface area (Å²) in [5.41, 5.74) is 2.40. The van der Waals surface area contributed by atoms with Crippen molar-refractivity contribution in [1.29, 1.82) is 0 Å². The monoisotopic (exact) mass is 561 g/mol. The molecular formula is C30H33F2N7O2. The summed E-state index contributed by atoms with van der Waals surface area (Å²) in [5, 5.41) is 3.21. The minimum atomic E-state index is -0.845. The summed E-state index contributed by atoms with van der Waals surface area (Å²) in [4.78, 5) is 41.4. The molecule has 9 nitrogen and oxygen atoms in total. The number of piperidine rings is 1. The summed E-state index contributed by atoms with van der Waals surface area (Å²) in [6.45, 7) is 2.70. The van der Waals surface area contributed by atoms with Crippen molar-refractivity contribution >= 4 is 17.2 Å². The molecule has 2 N–H and O–H groups in total. The van der Waals surface area contributed by atoms with Crippen LogP contribution in [-0.2, 0) is 6.54 Å². The Labute approximate surface area is 236 Å². The molecule has 0 aliphatic carbocycles. The lowest BCUT2D eigenvalue weighted by Gasteiger charge is -2.34. The number of hydrogen-bond donors (Lipinski definition) is 2. The second-order valence-corrected chi connectivity index (χ2v) is 11.0. The van der Waals surface area contributed by atoms with E-state index in [-0.39, 0.29) is 29.7 Å². The van der Waals surface area contributed by atoms with Gasteiger partial charge in [0.25, 0.3) is 0 Å². The highest BCUT2D eigenvalue weighted by molar-refractivity contribution is 5.74. The van der Waals surface area contributed by atoms with Gasteiger partial charge in [-0.25, -0.2) is 23.4 Å². The number of pyridine rings is 2. The Morgan fingerprint density at radius 2 is 1.78 bits per heavy atom. The number of hydrogen-bond acceptors (Lipinski definition) is 5. The zero-order valence-corrected chi connectivity index (χ0v) is 22.7. The molecule has 4 aromatic rings. The molecule has 0 bridgehead atoms. The van der Waals surface area contributed by atoms with Crippen LogP contribution in [0.25, 0.3) is 11.2 Å². The first-order valence-corrected chi connectivity index (χ1v) is 14.1. The molecule has 2 aliphatic rings. The normalized spacial score (nSPS) is 20.7. The summed E-state index contributed by atoms with van der Waals surface area (Å²) in [5.74, 6) is -1.86. The van der Waals surface area contributed by atoms with E-state index < -0.39 is 11.6 Å². The standard InChI is InChI=1S/C30H33F2N7O2/c31-25-7-3-6-24(27(25)32)20-9-10-22(19-37(17-20)18-21-5-1-2-13-33-21)35-29(40)38-15-11-23(12-16-38)39-26-8-4-14-34-28(26)36-30(39)41/h1-8,13-14,20,22-23H,9-12,15-19H2,(H,35,40)(H,34,36,41)/t20-,22-/m1/s1. The minimum Gasteiger partial charge on any atom is -0.334 e. The first-order chi connectivity index (χ1) is 20.0. The van der Waals surface area contributed by atoms with Crippen LogP contribution < -0.4 is 11.0 Å². The van der Waals surface area contributed by atoms with Crippen LogP contribution in [0.2, 0.25) is 0 Å². The number of nitrogens with zero attached hydrogens (tertiary/aromatic N) is 5. The highest BCUT2D eigenvalue weighted by Crippen LogP contribution is 2.30. The van der Waals surface area contributed by atoms with E-state index in [1.807, 2.05) is 30.3 Å². The number of amides is 2. The van der Waals surface area contributed by atoms with E-state index in [1.165, 1.54) is 0 Å². The predicted molar refractivity (Wildman–Crippen MR) is 150 cm³/mol. The number of halogens is 2. The molecule has 0 saturated carbocycles. The molecule has 0 unspecified atom stereocenters. The SMILES string of the molecule is O=C(N[C@@H]1CC[C@@H](c2cccc(F)c2F)CN(Cc2ccccn2)C1)N1CCC(n2c(=O)[nH]c3ncccc32)CC1. The number of carbonyl (C=O) groups excluding carboxylic acids is 1. The third-order valence-electron chi connectivity index (χ3n) is 8.29. The maximum absolute atomic E-state index is 14.8. The van der Waals surface area contributed by atoms with E-state index in [0.29, 0.717) is 69.6 Å². The Morgan fingerprint density at radius 1 is 0.951 bits per heavy atom. The zero-order valence-electron chi connectivity index (χ0n) is 22.7. The lowest BCUT2D eigenvalue weighted by Crippen LogP contribution is -2.50. The summed E-state index contributed by atoms with van der Waals surface area (Å²) in [6, 6.07) is 13.4. The molecule has 2 saturated heterocycles. The number of aromatic nitrogens is 4. The molecule has 0 spiro atoms. The highest BCUT2D eigenvalue weighted by atomic mass is 19.2. The number of carbonyl (C=O) groups is 1. The van der Waals surface area contributed by atoms with Gasteiger partial charge in [-0.1, -0.05) is 18.2 Å². The quantitative estimate of drug-likeness (QED) is 0.381. The van der Waals surface area contributed by atoms with E-state index >= 15 is 0 Å². The average molecular weight is 562 g/mol. The molecule has 2 amide bonds. The van der Waals surface area contributed by atoms with Gasteiger partial charge in [-0.3, -0.25) is 19.4 Å². The van der Waals surface area contributed by atoms with Crippen molar-refractivity contribution in [3.63, 3.8) is 0 Å². The largest absolute Gasteiger partial charge is 0.334 e. The second-order valence-electron chi connectivity index (χ2n) is 11.0. The number of urea groups is 1. The molecule has 1 aromatic carbocycles. The first-order valence-electron chi connectivity index (χ1n) is 14.1. The molecule has 6 rings (SSSR count). The number of benzene rings is 1. The first kappa shape index (κ1) is 27.1. The molecule has 2 aliphatic heterocycles. The van der Waals surface area contributed by atoms with Crippen LogP contribution in [-0.4, -0.2) is 67.6 Å². The van der Waals surface area contributed by atoms with E-state index in [9.17, 15) is 18.4 Å². The van der Waals surface area contributed by atoms with Crippen molar-refractivity contribution in [1.82, 2.24) is 34.6 Å². The number of nitrogens with one attached hydrogen (secondary N) is 2. The second kappa shape index (κ2) is 11.8. The van der Waals surface area contributed by atoms with E-state index in [2.05, 4.69) is 25.2 Å². The Balaban J connectivity index is 1.13. The lowest BCUT2D eigenvalue weighted by molar-refractivity contribution is 0.163. The van der Waals surface area contributed by atoms with Crippen LogP contribution in [0.5, 0.6) is 0 Å². The summed E-state index contributed by atoms with van der Waals surface area (Å²) in [6.07, 6.45) is 5.96. The molecule has 5 heterocycles. The van der Waals surface area contributed by atoms with Gasteiger partial charge in [-0.15, -0.1) is 0 Å². The predicted octanol–water partition coefficient (Wildman–Crippen LogP) is 4.19. The Kier molecular flexibility index (Phi) is 7.78. The van der Waals surface area contributed by atoms with Crippen molar-refractivity contribution in [3.8, 4) is 0 Å². The summed E-state index contributed by atoms with van der Waals surface area (Å²) in [7, 11) is 0. The van der Waals surface area contributed by atoms with Crippen molar-refractivity contribution in [2.75, 3.05) is 26.2 Å². The molecule has 41 heavy (non-hydrogen) atoms. The van der Waals surface area contributed by atoms with Gasteiger partial charge in [-0.2, -0.15) is 0 Å². The van der Waals surface area contributed by atoms with Gasteiger partial charge in [0, 0.05) is 57.2 Å². The summed E-state index contributed by atoms with van der Waals surface area (Å²) < 4.78 is 30.6. The van der Waals surface area contributed by atoms with Gasteiger partial charge in [0.1, 0.15) is 0 Å². The third-order valence-corrected chi connectivity index (χ3v) is 8.29. The van der Waals surface area contributed by atoms with Gasteiger partial charge >= 0.3 is 11.7 Å². The number of aromatic amines is 1. The molecule has 3 aromatic heterocycles. The Bertz CT molecular complexity index is 1570. The summed E-state index contributed by atoms with van der Waals surface area (Å²) >= 11 is 0. The fourth-order valence-corrected chi connectivity index (χ4v) is 6.25. The molecule has 214 valence electrons. The fraction of sp³-hybridized carbons (Fsp3) is 0.400. The van der Waals surface area contributed by atoms with Crippen LogP contribution in [0.4, 0.5) is 13.6 Å². The minimum absolute atomic E-state index is 0.0156. The molecule has 2 fully saturated rings. The maximum Gasteiger partial charge on any atom is 0.327 e. The van der Waals surface area contributed by atoms with E-state index in [0.717, 1.165) is 17.3 Å². The van der Waals surface area contributed by atoms with Crippen LogP contribution in [0.3, 0.4) is 0 Å². The maximum atomic E-state index is 14.8. The lowest BCUT2D eigenvalue weighted by atomic mass is 9.93. The van der Waals surface area contributed by atoms with Crippen LogP contribution in [0.1, 0.15) is 48.9 Å². The fourth-order valence-electron chi connectivity index (χ4n) is 6.25. The topological polar surface area (TPSA) is 99.1 Å². The van der Waals surface area contributed by atoms with Crippen LogP contribution >= 0.6 is 0 Å². The molecule has 11 heteroatoms. The van der Waals surface area contributed by atoms with Gasteiger partial charge in [0.15, 0.2) is 17.3 Å². The molecule has 2 atom stereocenters. The van der Waals surface area contributed by atoms with Gasteiger partial charge < -0.3 is 10.2 Å². The number of fused-ring (bicyclic) bond motifs is 1. The zero-order chi connectivity index (χ0) is 28.3. The van der Waals surface area contributed by atoms with Gasteiger partial charge in [0.2, 0.25) is 0 Å². The molecular weight excluding hydrogens is 528 g/mol. The van der Waals surface area contributed by atoms with Crippen LogP contribution in [0.15, 0.2) is 65.7 Å². The smallest absolute Gasteiger partial charge is 0.327 e. The van der Waals surface area contributed by atoms with Crippen molar-refractivity contribution < 1.29 is 13.6 Å². The third kappa shape index (κ3) is 5.85. The highest BCUT2D eigenvalue weighted by Gasteiger charge is 2.31. The molecule has 0 radical (unpaired) electrons. The van der Waals surface area contributed by atoms with Gasteiger partial charge in [-0.05, 0) is 67.5 Å². The van der Waals surface area contributed by atoms with Gasteiger partial charge in [0.05, 0.1) is 11.2 Å². The number of imidazole rings is 1. The Hall–Kier alpha value is -4.12. The number of H-pyrrole nitrogens is 1. The Morgan fingerprint density at radius 3 is 2.59 bits per heavy atom. The number of likely N-dealkylation sites (tertiary alicyclic amines) is 2. The van der Waals surface area contributed by atoms with E-state index in [1.54, 1.807) is 34.0 Å². The average Bonchev–Trinajstić information content (AvgIpc) is 3.20. The van der Waals surface area contributed by atoms with Crippen molar-refractivity contribution in [2.24, 2.45) is 0 Å². The van der Waals surface area contributed by atoms with E-state index in [4.69, 9.17) is 0 Å². The van der Waals surface area contributed by atoms with Crippen molar-refractivity contribution in [2.45, 2.75) is 50.2 Å². The van der Waals surface area contributed by atoms with Crippen LogP contribution in [0, 0.1) is 11.6 Å².